The summed E-state index contributed by atoms with van der Waals surface area (Å²) < 4.78 is 0. The molecule has 0 heterocycles. The van der Waals surface area contributed by atoms with Crippen molar-refractivity contribution in [3.05, 3.63) is 132 Å². The predicted molar refractivity (Wildman–Crippen MR) is 120 cm³/mol. The van der Waals surface area contributed by atoms with Gasteiger partial charge in [-0.05, 0) is 51.5 Å². The van der Waals surface area contributed by atoms with Crippen LogP contribution in [-0.2, 0) is 5.41 Å². The monoisotopic (exact) mass is 350 g/mol. The second-order valence-electron chi connectivity index (χ2n) is 6.61. The molecule has 2 aromatic rings. The van der Waals surface area contributed by atoms with Crippen LogP contribution in [0, 0.1) is 0 Å². The van der Waals surface area contributed by atoms with Crippen LogP contribution in [0.3, 0.4) is 0 Å². The Morgan fingerprint density at radius 1 is 0.704 bits per heavy atom. The second-order valence-corrected chi connectivity index (χ2v) is 6.61. The Kier molecular flexibility index (Phi) is 4.76. The Balaban J connectivity index is 0.00000210. The summed E-state index contributed by atoms with van der Waals surface area (Å²) in [6.07, 6.45) is 10.3. The van der Waals surface area contributed by atoms with E-state index in [0.717, 1.165) is 5.57 Å². The molecule has 2 aliphatic carbocycles. The van der Waals surface area contributed by atoms with Crippen LogP contribution in [0.2, 0.25) is 0 Å². The first-order valence-electron chi connectivity index (χ1n) is 8.94. The van der Waals surface area contributed by atoms with E-state index in [4.69, 9.17) is 0 Å². The zero-order chi connectivity index (χ0) is 18.3. The number of allylic oxidation sites excluding steroid dienone is 9. The summed E-state index contributed by atoms with van der Waals surface area (Å²) in [6, 6.07) is 17.3. The number of hydrogen-bond donors (Lipinski definition) is 0. The van der Waals surface area contributed by atoms with Crippen LogP contribution in [0.1, 0.15) is 36.6 Å². The molecule has 27 heavy (non-hydrogen) atoms. The molecular weight excluding hydrogens is 324 g/mol. The van der Waals surface area contributed by atoms with E-state index in [1.54, 1.807) is 0 Å². The van der Waals surface area contributed by atoms with Crippen LogP contribution in [0.5, 0.6) is 0 Å². The topological polar surface area (TPSA) is 0 Å². The normalized spacial score (nSPS) is 19.9. The fourth-order valence-electron chi connectivity index (χ4n) is 4.74. The van der Waals surface area contributed by atoms with E-state index >= 15 is 0 Å². The standard InChI is InChI=1S/C26H22.CH4/c1-5-13-23-19(7-3)21-15-10-12-17-25(21)26(23)22(8-4)18(6-2)20-14-9-11-16-24(20)26;/h5-17H,2-4H2,1H3;1H4/b13-5-;. The Bertz CT molecular complexity index is 1030. The molecule has 134 valence electrons. The first-order chi connectivity index (χ1) is 12.7. The summed E-state index contributed by atoms with van der Waals surface area (Å²) in [5, 5.41) is 0. The highest BCUT2D eigenvalue weighted by Gasteiger charge is 2.51. The Morgan fingerprint density at radius 2 is 1.19 bits per heavy atom. The van der Waals surface area contributed by atoms with Gasteiger partial charge in [0.2, 0.25) is 0 Å². The maximum atomic E-state index is 4.18. The number of rotatable bonds is 4. The van der Waals surface area contributed by atoms with Crippen LogP contribution in [0.15, 0.2) is 110 Å². The lowest BCUT2D eigenvalue weighted by Gasteiger charge is -2.32. The molecule has 0 bridgehead atoms. The van der Waals surface area contributed by atoms with Gasteiger partial charge in [0.05, 0.1) is 5.41 Å². The number of fused-ring (bicyclic) bond motifs is 4. The van der Waals surface area contributed by atoms with Crippen molar-refractivity contribution in [3.8, 4) is 0 Å². The van der Waals surface area contributed by atoms with Crippen molar-refractivity contribution in [2.45, 2.75) is 19.8 Å². The first-order valence-corrected chi connectivity index (χ1v) is 8.94. The van der Waals surface area contributed by atoms with Gasteiger partial charge in [-0.25, -0.2) is 0 Å². The summed E-state index contributed by atoms with van der Waals surface area (Å²) in [5.41, 5.74) is 9.53. The highest BCUT2D eigenvalue weighted by atomic mass is 14.5. The smallest absolute Gasteiger partial charge is 0.0725 e. The predicted octanol–water partition coefficient (Wildman–Crippen LogP) is 7.28. The number of hydrogen-bond acceptors (Lipinski definition) is 0. The van der Waals surface area contributed by atoms with Crippen molar-refractivity contribution in [1.29, 1.82) is 0 Å². The van der Waals surface area contributed by atoms with Gasteiger partial charge in [0.25, 0.3) is 0 Å². The molecule has 4 rings (SSSR count). The lowest BCUT2D eigenvalue weighted by molar-refractivity contribution is 0.779. The van der Waals surface area contributed by atoms with Crippen LogP contribution >= 0.6 is 0 Å². The highest BCUT2D eigenvalue weighted by molar-refractivity contribution is 5.99. The molecule has 0 saturated heterocycles. The van der Waals surface area contributed by atoms with Crippen LogP contribution in [-0.4, -0.2) is 0 Å². The minimum absolute atomic E-state index is 0. The summed E-state index contributed by atoms with van der Waals surface area (Å²) in [4.78, 5) is 0. The lowest BCUT2D eigenvalue weighted by Crippen LogP contribution is -2.27. The third-order valence-electron chi connectivity index (χ3n) is 5.58. The average molecular weight is 351 g/mol. The fourth-order valence-corrected chi connectivity index (χ4v) is 4.74. The van der Waals surface area contributed by atoms with Crippen molar-refractivity contribution in [2.24, 2.45) is 0 Å². The summed E-state index contributed by atoms with van der Waals surface area (Å²) >= 11 is 0. The van der Waals surface area contributed by atoms with Gasteiger partial charge in [-0.15, -0.1) is 0 Å². The zero-order valence-electron chi connectivity index (χ0n) is 15.1. The average Bonchev–Trinajstić information content (AvgIpc) is 3.13. The zero-order valence-corrected chi connectivity index (χ0v) is 15.1. The molecule has 0 fully saturated rings. The molecule has 0 N–H and O–H groups in total. The molecule has 0 nitrogen and oxygen atoms in total. The Hall–Kier alpha value is -3.12. The van der Waals surface area contributed by atoms with Crippen molar-refractivity contribution in [1.82, 2.24) is 0 Å². The number of benzene rings is 2. The van der Waals surface area contributed by atoms with Gasteiger partial charge >= 0.3 is 0 Å². The maximum absolute atomic E-state index is 4.18. The van der Waals surface area contributed by atoms with Gasteiger partial charge in [0, 0.05) is 0 Å². The molecule has 0 radical (unpaired) electrons. The van der Waals surface area contributed by atoms with Gasteiger partial charge in [-0.3, -0.25) is 0 Å². The Morgan fingerprint density at radius 3 is 1.63 bits per heavy atom. The molecule has 0 aliphatic heterocycles. The van der Waals surface area contributed by atoms with Gasteiger partial charge in [-0.1, -0.05) is 106 Å². The SMILES string of the molecule is C.C=CC1=C(C=C)C2(C(/C=C\C)=C(C=C)c3ccccc32)c2ccccc21. The first kappa shape index (κ1) is 18.7. The minimum Gasteiger partial charge on any atom is -0.0987 e. The summed E-state index contributed by atoms with van der Waals surface area (Å²) in [6.45, 7) is 14.5. The van der Waals surface area contributed by atoms with Gasteiger partial charge in [-0.2, -0.15) is 0 Å². The highest BCUT2D eigenvalue weighted by Crippen LogP contribution is 2.61. The van der Waals surface area contributed by atoms with E-state index in [-0.39, 0.29) is 12.8 Å². The molecule has 0 aromatic heterocycles. The van der Waals surface area contributed by atoms with E-state index in [0.29, 0.717) is 0 Å². The third-order valence-corrected chi connectivity index (χ3v) is 5.58. The largest absolute Gasteiger partial charge is 0.0987 e. The van der Waals surface area contributed by atoms with Crippen LogP contribution in [0.25, 0.3) is 11.1 Å². The summed E-state index contributed by atoms with van der Waals surface area (Å²) in [7, 11) is 0. The van der Waals surface area contributed by atoms with E-state index in [1.807, 2.05) is 18.2 Å². The molecular formula is C27H26. The van der Waals surface area contributed by atoms with E-state index in [1.165, 1.54) is 39.0 Å². The molecule has 0 amide bonds. The molecule has 2 aliphatic rings. The second kappa shape index (κ2) is 6.89. The van der Waals surface area contributed by atoms with Crippen molar-refractivity contribution in [3.63, 3.8) is 0 Å². The maximum Gasteiger partial charge on any atom is 0.0725 e. The molecule has 1 unspecified atom stereocenters. The van der Waals surface area contributed by atoms with Gasteiger partial charge < -0.3 is 0 Å². The quantitative estimate of drug-likeness (QED) is 0.543. The fraction of sp³-hybridized carbons (Fsp3) is 0.111. The summed E-state index contributed by atoms with van der Waals surface area (Å²) in [5.74, 6) is 0. The molecule has 1 spiro atoms. The Labute approximate surface area is 163 Å². The molecule has 0 heteroatoms. The molecule has 1 atom stereocenters. The van der Waals surface area contributed by atoms with Crippen molar-refractivity contribution in [2.75, 3.05) is 0 Å². The lowest BCUT2D eigenvalue weighted by atomic mass is 9.68. The van der Waals surface area contributed by atoms with Crippen LogP contribution in [0.4, 0.5) is 0 Å². The van der Waals surface area contributed by atoms with Gasteiger partial charge in [0.1, 0.15) is 0 Å². The van der Waals surface area contributed by atoms with Crippen molar-refractivity contribution < 1.29 is 0 Å². The molecule has 0 saturated carbocycles. The van der Waals surface area contributed by atoms with E-state index < -0.39 is 0 Å². The van der Waals surface area contributed by atoms with Gasteiger partial charge in [0.15, 0.2) is 0 Å². The third kappa shape index (κ3) is 2.16. The van der Waals surface area contributed by atoms with E-state index in [2.05, 4.69) is 87.3 Å². The molecule has 2 aromatic carbocycles. The van der Waals surface area contributed by atoms with Crippen molar-refractivity contribution >= 4 is 11.1 Å². The van der Waals surface area contributed by atoms with Crippen LogP contribution < -0.4 is 0 Å². The van der Waals surface area contributed by atoms with E-state index in [9.17, 15) is 0 Å². The minimum atomic E-state index is -0.353.